The summed E-state index contributed by atoms with van der Waals surface area (Å²) in [6.07, 6.45) is 0. The topological polar surface area (TPSA) is 50.4 Å². The molecule has 0 radical (unpaired) electrons. The molecule has 1 N–H and O–H groups in total. The minimum atomic E-state index is -1.05. The molecule has 72 valence electrons. The van der Waals surface area contributed by atoms with Crippen molar-refractivity contribution in [3.63, 3.8) is 0 Å². The molecule has 2 aromatic rings. The van der Waals surface area contributed by atoms with Crippen molar-refractivity contribution in [3.05, 3.63) is 32.0 Å². The van der Waals surface area contributed by atoms with Gasteiger partial charge in [0.05, 0.1) is 3.57 Å². The van der Waals surface area contributed by atoms with Gasteiger partial charge in [-0.1, -0.05) is 15.9 Å². The Morgan fingerprint density at radius 1 is 1.43 bits per heavy atom. The van der Waals surface area contributed by atoms with Gasteiger partial charge in [0.1, 0.15) is 5.58 Å². The molecule has 0 saturated heterocycles. The Labute approximate surface area is 101 Å². The lowest BCUT2D eigenvalue weighted by Crippen LogP contribution is -1.91. The summed E-state index contributed by atoms with van der Waals surface area (Å²) in [6.45, 7) is 0. The van der Waals surface area contributed by atoms with Gasteiger partial charge in [-0.25, -0.2) is 4.79 Å². The first-order chi connectivity index (χ1) is 6.58. The number of carboxylic acid groups (broad SMARTS) is 1. The fourth-order valence-corrected chi connectivity index (χ4v) is 2.84. The monoisotopic (exact) mass is 366 g/mol. The second kappa shape index (κ2) is 3.54. The van der Waals surface area contributed by atoms with Crippen LogP contribution in [0.5, 0.6) is 0 Å². The van der Waals surface area contributed by atoms with E-state index < -0.39 is 5.97 Å². The van der Waals surface area contributed by atoms with Gasteiger partial charge in [-0.2, -0.15) is 0 Å². The summed E-state index contributed by atoms with van der Waals surface area (Å²) in [7, 11) is 0. The largest absolute Gasteiger partial charge is 0.475 e. The molecule has 1 aromatic carbocycles. The number of rotatable bonds is 1. The van der Waals surface area contributed by atoms with Crippen molar-refractivity contribution < 1.29 is 14.3 Å². The lowest BCUT2D eigenvalue weighted by molar-refractivity contribution is 0.0665. The van der Waals surface area contributed by atoms with Crippen LogP contribution in [0, 0.1) is 3.57 Å². The van der Waals surface area contributed by atoms with Gasteiger partial charge in [-0.05, 0) is 40.8 Å². The Morgan fingerprint density at radius 3 is 2.79 bits per heavy atom. The molecule has 0 amide bonds. The van der Waals surface area contributed by atoms with Crippen LogP contribution in [-0.2, 0) is 0 Å². The van der Waals surface area contributed by atoms with Crippen LogP contribution in [-0.4, -0.2) is 11.1 Å². The van der Waals surface area contributed by atoms with Gasteiger partial charge in [0.15, 0.2) is 0 Å². The lowest BCUT2D eigenvalue weighted by atomic mass is 10.2. The summed E-state index contributed by atoms with van der Waals surface area (Å²) in [6, 6.07) is 5.22. The van der Waals surface area contributed by atoms with E-state index in [2.05, 4.69) is 38.5 Å². The molecule has 0 aliphatic rings. The van der Waals surface area contributed by atoms with E-state index in [-0.39, 0.29) is 5.76 Å². The van der Waals surface area contributed by atoms with E-state index in [1.807, 2.05) is 12.1 Å². The molecule has 1 heterocycles. The van der Waals surface area contributed by atoms with Crippen LogP contribution in [0.3, 0.4) is 0 Å². The van der Waals surface area contributed by atoms with Crippen molar-refractivity contribution in [1.29, 1.82) is 0 Å². The molecule has 0 bridgehead atoms. The molecule has 14 heavy (non-hydrogen) atoms. The van der Waals surface area contributed by atoms with E-state index in [1.54, 1.807) is 0 Å². The van der Waals surface area contributed by atoms with Crippen molar-refractivity contribution in [2.45, 2.75) is 0 Å². The molecule has 3 nitrogen and oxygen atoms in total. The fraction of sp³-hybridized carbons (Fsp3) is 0. The van der Waals surface area contributed by atoms with E-state index in [4.69, 9.17) is 9.52 Å². The van der Waals surface area contributed by atoms with Crippen molar-refractivity contribution >= 4 is 55.5 Å². The lowest BCUT2D eigenvalue weighted by Gasteiger charge is -1.93. The minimum absolute atomic E-state index is 0.0315. The van der Waals surface area contributed by atoms with E-state index in [0.29, 0.717) is 5.58 Å². The molecule has 2 rings (SSSR count). The number of furan rings is 1. The van der Waals surface area contributed by atoms with Gasteiger partial charge in [0, 0.05) is 9.86 Å². The zero-order valence-corrected chi connectivity index (χ0v) is 10.5. The molecule has 0 unspecified atom stereocenters. The highest BCUT2D eigenvalue weighted by Gasteiger charge is 2.12. The number of fused-ring (bicyclic) bond motifs is 1. The minimum Gasteiger partial charge on any atom is -0.475 e. The molecule has 0 spiro atoms. The van der Waals surface area contributed by atoms with Crippen molar-refractivity contribution in [2.75, 3.05) is 0 Å². The molecule has 5 heteroatoms. The Morgan fingerprint density at radius 2 is 2.14 bits per heavy atom. The summed E-state index contributed by atoms with van der Waals surface area (Å²) in [4.78, 5) is 10.7. The fourth-order valence-electron chi connectivity index (χ4n) is 1.18. The quantitative estimate of drug-likeness (QED) is 0.786. The summed E-state index contributed by atoms with van der Waals surface area (Å²) in [5.41, 5.74) is 0.617. The average Bonchev–Trinajstić information content (AvgIpc) is 2.47. The number of aromatic carboxylic acids is 1. The zero-order chi connectivity index (χ0) is 10.3. The number of benzene rings is 1. The number of halogens is 2. The standard InChI is InChI=1S/C9H4BrIO3/c10-5-1-4-2-7(9(12)13)14-8(4)6(11)3-5/h1-3H,(H,12,13). The van der Waals surface area contributed by atoms with Gasteiger partial charge < -0.3 is 9.52 Å². The van der Waals surface area contributed by atoms with Gasteiger partial charge in [-0.3, -0.25) is 0 Å². The third kappa shape index (κ3) is 1.66. The van der Waals surface area contributed by atoms with Crippen LogP contribution in [0.2, 0.25) is 0 Å². The summed E-state index contributed by atoms with van der Waals surface area (Å²) < 4.78 is 6.99. The van der Waals surface area contributed by atoms with E-state index in [0.717, 1.165) is 13.4 Å². The number of carbonyl (C=O) groups is 1. The van der Waals surface area contributed by atoms with Crippen molar-refractivity contribution in [1.82, 2.24) is 0 Å². The first-order valence-corrected chi connectivity index (χ1v) is 5.57. The van der Waals surface area contributed by atoms with E-state index >= 15 is 0 Å². The first kappa shape index (κ1) is 9.97. The summed E-state index contributed by atoms with van der Waals surface area (Å²) >= 11 is 5.44. The number of hydrogen-bond acceptors (Lipinski definition) is 2. The molecular formula is C9H4BrIO3. The second-order valence-electron chi connectivity index (χ2n) is 2.72. The van der Waals surface area contributed by atoms with Crippen molar-refractivity contribution in [2.24, 2.45) is 0 Å². The van der Waals surface area contributed by atoms with Crippen LogP contribution in [0.15, 0.2) is 27.1 Å². The zero-order valence-electron chi connectivity index (χ0n) is 6.75. The van der Waals surface area contributed by atoms with Gasteiger partial charge in [0.25, 0.3) is 0 Å². The SMILES string of the molecule is O=C(O)c1cc2cc(Br)cc(I)c2o1. The Hall–Kier alpha value is -0.560. The van der Waals surface area contributed by atoms with Crippen LogP contribution in [0.1, 0.15) is 10.6 Å². The first-order valence-electron chi connectivity index (χ1n) is 3.70. The summed E-state index contributed by atoms with van der Waals surface area (Å²) in [5.74, 6) is -1.08. The molecule has 0 fully saturated rings. The van der Waals surface area contributed by atoms with Gasteiger partial charge in [-0.15, -0.1) is 0 Å². The molecule has 0 aliphatic carbocycles. The van der Waals surface area contributed by atoms with Crippen molar-refractivity contribution in [3.8, 4) is 0 Å². The second-order valence-corrected chi connectivity index (χ2v) is 4.80. The maximum atomic E-state index is 10.7. The van der Waals surface area contributed by atoms with E-state index in [9.17, 15) is 4.79 Å². The predicted molar refractivity (Wildman–Crippen MR) is 63.6 cm³/mol. The highest BCUT2D eigenvalue weighted by molar-refractivity contribution is 14.1. The third-order valence-electron chi connectivity index (χ3n) is 1.75. The number of hydrogen-bond donors (Lipinski definition) is 1. The molecule has 0 saturated carbocycles. The highest BCUT2D eigenvalue weighted by Crippen LogP contribution is 2.28. The van der Waals surface area contributed by atoms with Crippen LogP contribution in [0.25, 0.3) is 11.0 Å². The average molecular weight is 367 g/mol. The molecule has 1 aromatic heterocycles. The molecular weight excluding hydrogens is 363 g/mol. The third-order valence-corrected chi connectivity index (χ3v) is 3.01. The summed E-state index contributed by atoms with van der Waals surface area (Å²) in [5, 5.41) is 9.53. The molecule has 0 aliphatic heterocycles. The maximum absolute atomic E-state index is 10.7. The normalized spacial score (nSPS) is 10.7. The van der Waals surface area contributed by atoms with E-state index in [1.165, 1.54) is 6.07 Å². The predicted octanol–water partition coefficient (Wildman–Crippen LogP) is 3.50. The van der Waals surface area contributed by atoms with Crippen LogP contribution in [0.4, 0.5) is 0 Å². The smallest absolute Gasteiger partial charge is 0.371 e. The Kier molecular flexibility index (Phi) is 2.52. The Bertz CT molecular complexity index is 518. The molecule has 0 atom stereocenters. The maximum Gasteiger partial charge on any atom is 0.371 e. The number of carboxylic acids is 1. The highest BCUT2D eigenvalue weighted by atomic mass is 127. The van der Waals surface area contributed by atoms with Crippen LogP contribution < -0.4 is 0 Å². The van der Waals surface area contributed by atoms with Crippen LogP contribution >= 0.6 is 38.5 Å². The van der Waals surface area contributed by atoms with Gasteiger partial charge >= 0.3 is 5.97 Å². The van der Waals surface area contributed by atoms with Gasteiger partial charge in [0.2, 0.25) is 5.76 Å². The Balaban J connectivity index is 2.76.